The molecule has 0 amide bonds. The summed E-state index contributed by atoms with van der Waals surface area (Å²) in [6.45, 7) is 10.5. The molecule has 3 heteroatoms. The summed E-state index contributed by atoms with van der Waals surface area (Å²) in [5.41, 5.74) is 1.42. The minimum Gasteiger partial charge on any atom is -0.508 e. The van der Waals surface area contributed by atoms with Gasteiger partial charge in [-0.3, -0.25) is 0 Å². The Bertz CT molecular complexity index is 280. The third-order valence-corrected chi connectivity index (χ3v) is 1.94. The van der Waals surface area contributed by atoms with Gasteiger partial charge in [0.15, 0.2) is 0 Å². The fraction of sp³-hybridized carbons (Fsp3) is 0.462. The van der Waals surface area contributed by atoms with Crippen molar-refractivity contribution >= 4 is 6.79 Å². The average molecular weight is 224 g/mol. The van der Waals surface area contributed by atoms with E-state index in [1.165, 1.54) is 5.56 Å². The van der Waals surface area contributed by atoms with Crippen LogP contribution in [-0.2, 0) is 14.9 Å². The molecule has 0 spiro atoms. The Morgan fingerprint density at radius 3 is 1.75 bits per heavy atom. The molecule has 1 aliphatic heterocycles. The molecule has 90 valence electrons. The van der Waals surface area contributed by atoms with Gasteiger partial charge >= 0.3 is 0 Å². The van der Waals surface area contributed by atoms with Crippen LogP contribution in [0.2, 0.25) is 0 Å². The molecule has 0 radical (unpaired) electrons. The molecule has 0 aliphatic carbocycles. The summed E-state index contributed by atoms with van der Waals surface area (Å²) in [6, 6.07) is 7.35. The summed E-state index contributed by atoms with van der Waals surface area (Å²) >= 11 is 0. The van der Waals surface area contributed by atoms with Gasteiger partial charge in [-0.1, -0.05) is 32.9 Å². The second kappa shape index (κ2) is 7.01. The number of aromatic hydroxyl groups is 1. The predicted molar refractivity (Wildman–Crippen MR) is 64.7 cm³/mol. The fourth-order valence-electron chi connectivity index (χ4n) is 0.961. The van der Waals surface area contributed by atoms with Gasteiger partial charge in [-0.05, 0) is 23.1 Å². The van der Waals surface area contributed by atoms with Crippen molar-refractivity contribution in [1.82, 2.24) is 0 Å². The Balaban J connectivity index is 0.000000375. The van der Waals surface area contributed by atoms with Gasteiger partial charge in [0.2, 0.25) is 0 Å². The molecule has 16 heavy (non-hydrogen) atoms. The maximum absolute atomic E-state index is 9.02. The maximum atomic E-state index is 9.02. The quantitative estimate of drug-likeness (QED) is 0.689. The first-order valence-electron chi connectivity index (χ1n) is 5.16. The van der Waals surface area contributed by atoms with Crippen LogP contribution in [0.4, 0.5) is 0 Å². The largest absolute Gasteiger partial charge is 0.508 e. The number of hydrogen-bond acceptors (Lipinski definition) is 3. The van der Waals surface area contributed by atoms with Crippen molar-refractivity contribution in [2.45, 2.75) is 26.2 Å². The summed E-state index contributed by atoms with van der Waals surface area (Å²) < 4.78 is 4.50. The van der Waals surface area contributed by atoms with Crippen LogP contribution in [0, 0.1) is 0 Å². The molecule has 0 atom stereocenters. The van der Waals surface area contributed by atoms with E-state index in [9.17, 15) is 0 Å². The molecular formula is C13H20O3. The highest BCUT2D eigenvalue weighted by molar-refractivity contribution is 5.29. The Morgan fingerprint density at radius 2 is 1.50 bits per heavy atom. The number of carbonyl (C=O) groups is 1. The third-order valence-electron chi connectivity index (χ3n) is 1.94. The van der Waals surface area contributed by atoms with Gasteiger partial charge in [-0.2, -0.15) is 0 Å². The molecule has 1 saturated heterocycles. The van der Waals surface area contributed by atoms with Gasteiger partial charge in [0.1, 0.15) is 12.5 Å². The molecule has 1 N–H and O–H groups in total. The number of rotatable bonds is 0. The number of epoxide rings is 1. The van der Waals surface area contributed by atoms with E-state index in [1.54, 1.807) is 12.1 Å². The number of benzene rings is 1. The van der Waals surface area contributed by atoms with Gasteiger partial charge in [0.25, 0.3) is 0 Å². The van der Waals surface area contributed by atoms with E-state index in [0.29, 0.717) is 5.75 Å². The molecule has 0 unspecified atom stereocenters. The summed E-state index contributed by atoms with van der Waals surface area (Å²) in [7, 11) is 0. The molecule has 1 heterocycles. The topological polar surface area (TPSA) is 49.8 Å². The zero-order chi connectivity index (χ0) is 12.6. The third kappa shape index (κ3) is 7.01. The number of ether oxygens (including phenoxy) is 1. The highest BCUT2D eigenvalue weighted by Crippen LogP contribution is 2.23. The van der Waals surface area contributed by atoms with Crippen LogP contribution < -0.4 is 0 Å². The lowest BCUT2D eigenvalue weighted by atomic mass is 9.87. The highest BCUT2D eigenvalue weighted by atomic mass is 16.6. The van der Waals surface area contributed by atoms with Crippen LogP contribution in [0.25, 0.3) is 0 Å². The van der Waals surface area contributed by atoms with Crippen LogP contribution in [-0.4, -0.2) is 25.1 Å². The minimum atomic E-state index is 0.174. The first-order valence-corrected chi connectivity index (χ1v) is 5.16. The first kappa shape index (κ1) is 14.6. The SMILES string of the molecule is C1CO1.C=O.CC(C)(C)c1ccc(O)cc1. The number of phenols is 1. The second-order valence-electron chi connectivity index (χ2n) is 4.41. The molecule has 2 rings (SSSR count). The van der Waals surface area contributed by atoms with E-state index in [4.69, 9.17) is 9.90 Å². The Labute approximate surface area is 97.1 Å². The van der Waals surface area contributed by atoms with E-state index in [0.717, 1.165) is 13.2 Å². The lowest BCUT2D eigenvalue weighted by Gasteiger charge is -2.18. The zero-order valence-corrected chi connectivity index (χ0v) is 10.2. The predicted octanol–water partition coefficient (Wildman–Crippen LogP) is 2.52. The Morgan fingerprint density at radius 1 is 1.12 bits per heavy atom. The molecule has 1 aromatic carbocycles. The number of phenolic OH excluding ortho intramolecular Hbond substituents is 1. The molecule has 0 bridgehead atoms. The van der Waals surface area contributed by atoms with E-state index in [-0.39, 0.29) is 5.41 Å². The first-order chi connectivity index (χ1) is 7.50. The van der Waals surface area contributed by atoms with Gasteiger partial charge in [-0.15, -0.1) is 0 Å². The molecule has 1 fully saturated rings. The van der Waals surface area contributed by atoms with Crippen LogP contribution in [0.5, 0.6) is 5.75 Å². The van der Waals surface area contributed by atoms with Crippen LogP contribution in [0.15, 0.2) is 24.3 Å². The van der Waals surface area contributed by atoms with Crippen LogP contribution in [0.1, 0.15) is 26.3 Å². The van der Waals surface area contributed by atoms with E-state index < -0.39 is 0 Å². The smallest absolute Gasteiger partial charge is 0.115 e. The van der Waals surface area contributed by atoms with Gasteiger partial charge < -0.3 is 14.6 Å². The lowest BCUT2D eigenvalue weighted by Crippen LogP contribution is -2.10. The highest BCUT2D eigenvalue weighted by Gasteiger charge is 2.12. The van der Waals surface area contributed by atoms with Crippen molar-refractivity contribution in [2.24, 2.45) is 0 Å². The van der Waals surface area contributed by atoms with Crippen molar-refractivity contribution in [3.63, 3.8) is 0 Å². The van der Waals surface area contributed by atoms with Crippen molar-refractivity contribution in [2.75, 3.05) is 13.2 Å². The molecule has 1 aliphatic rings. The molecule has 3 nitrogen and oxygen atoms in total. The van der Waals surface area contributed by atoms with Crippen molar-refractivity contribution in [1.29, 1.82) is 0 Å². The minimum absolute atomic E-state index is 0.174. The van der Waals surface area contributed by atoms with Crippen LogP contribution >= 0.6 is 0 Å². The standard InChI is InChI=1S/C10H14O.C2H4O.CH2O/c1-10(2,3)8-4-6-9(11)7-5-8;1-2-3-1;1-2/h4-7,11H,1-3H3;1-2H2;1H2. The van der Waals surface area contributed by atoms with E-state index >= 15 is 0 Å². The van der Waals surface area contributed by atoms with E-state index in [2.05, 4.69) is 25.5 Å². The van der Waals surface area contributed by atoms with Gasteiger partial charge in [0, 0.05) is 0 Å². The summed E-state index contributed by atoms with van der Waals surface area (Å²) in [4.78, 5) is 8.00. The van der Waals surface area contributed by atoms with Crippen molar-refractivity contribution in [3.8, 4) is 5.75 Å². The summed E-state index contributed by atoms with van der Waals surface area (Å²) in [6.07, 6.45) is 0. The number of hydrogen-bond donors (Lipinski definition) is 1. The Hall–Kier alpha value is -1.35. The zero-order valence-electron chi connectivity index (χ0n) is 10.2. The van der Waals surface area contributed by atoms with Crippen molar-refractivity contribution < 1.29 is 14.6 Å². The number of carbonyl (C=O) groups excluding carboxylic acids is 1. The van der Waals surface area contributed by atoms with Crippen molar-refractivity contribution in [3.05, 3.63) is 29.8 Å². The maximum Gasteiger partial charge on any atom is 0.115 e. The summed E-state index contributed by atoms with van der Waals surface area (Å²) in [5.74, 6) is 0.331. The molecule has 0 saturated carbocycles. The summed E-state index contributed by atoms with van der Waals surface area (Å²) in [5, 5.41) is 9.02. The lowest BCUT2D eigenvalue weighted by molar-refractivity contribution is -0.0979. The average Bonchev–Trinajstić information content (AvgIpc) is 3.07. The molecule has 0 aromatic heterocycles. The van der Waals surface area contributed by atoms with Gasteiger partial charge in [0.05, 0.1) is 13.2 Å². The normalized spacial score (nSPS) is 12.7. The Kier molecular flexibility index (Phi) is 6.42. The fourth-order valence-corrected chi connectivity index (χ4v) is 0.961. The van der Waals surface area contributed by atoms with Gasteiger partial charge in [-0.25, -0.2) is 0 Å². The van der Waals surface area contributed by atoms with E-state index in [1.807, 2.05) is 18.9 Å². The molecular weight excluding hydrogens is 204 g/mol. The van der Waals surface area contributed by atoms with Crippen LogP contribution in [0.3, 0.4) is 0 Å². The second-order valence-corrected chi connectivity index (χ2v) is 4.41. The molecule has 1 aromatic rings. The monoisotopic (exact) mass is 224 g/mol.